The summed E-state index contributed by atoms with van der Waals surface area (Å²) in [6, 6.07) is 2.02. The average molecular weight is 248 g/mol. The summed E-state index contributed by atoms with van der Waals surface area (Å²) in [4.78, 5) is 15.9. The number of nitrogens with zero attached hydrogens (tertiary/aromatic N) is 3. The summed E-state index contributed by atoms with van der Waals surface area (Å²) in [5.41, 5.74) is 7.68. The lowest BCUT2D eigenvalue weighted by atomic mass is 10.3. The van der Waals surface area contributed by atoms with Crippen molar-refractivity contribution >= 4 is 38.7 Å². The summed E-state index contributed by atoms with van der Waals surface area (Å²) >= 11 is 3.14. The summed E-state index contributed by atoms with van der Waals surface area (Å²) in [5, 5.41) is 0.941. The monoisotopic (exact) mass is 248 g/mol. The third-order valence-corrected chi connectivity index (χ3v) is 3.91. The van der Waals surface area contributed by atoms with Crippen LogP contribution in [-0.2, 0) is 0 Å². The van der Waals surface area contributed by atoms with E-state index in [1.54, 1.807) is 23.0 Å². The van der Waals surface area contributed by atoms with Gasteiger partial charge < -0.3 is 5.73 Å². The van der Waals surface area contributed by atoms with E-state index in [9.17, 15) is 0 Å². The van der Waals surface area contributed by atoms with Crippen LogP contribution in [0.25, 0.3) is 20.9 Å². The van der Waals surface area contributed by atoms with E-state index in [2.05, 4.69) is 15.0 Å². The number of nitrogens with two attached hydrogens (primary N) is 1. The van der Waals surface area contributed by atoms with Gasteiger partial charge in [-0.1, -0.05) is 0 Å². The highest BCUT2D eigenvalue weighted by Gasteiger charge is 2.10. The highest BCUT2D eigenvalue weighted by atomic mass is 32.1. The fraction of sp³-hybridized carbons (Fsp3) is 0.100. The van der Waals surface area contributed by atoms with Crippen LogP contribution in [0.15, 0.2) is 17.8 Å². The fourth-order valence-electron chi connectivity index (χ4n) is 1.50. The van der Waals surface area contributed by atoms with Crippen molar-refractivity contribution in [2.75, 3.05) is 5.73 Å². The molecule has 0 unspecified atom stereocenters. The number of anilines is 1. The highest BCUT2D eigenvalue weighted by molar-refractivity contribution is 7.18. The Morgan fingerprint density at radius 3 is 2.94 bits per heavy atom. The van der Waals surface area contributed by atoms with Gasteiger partial charge in [-0.05, 0) is 13.0 Å². The van der Waals surface area contributed by atoms with Gasteiger partial charge in [-0.2, -0.15) is 0 Å². The van der Waals surface area contributed by atoms with E-state index in [0.29, 0.717) is 11.6 Å². The molecule has 0 radical (unpaired) electrons. The summed E-state index contributed by atoms with van der Waals surface area (Å²) in [5.74, 6) is 1.20. The SMILES string of the molecule is Cc1cc2c(N)nc(-c3cncs3)nc2s1. The molecule has 16 heavy (non-hydrogen) atoms. The number of aryl methyl sites for hydroxylation is 1. The van der Waals surface area contributed by atoms with Crippen molar-refractivity contribution < 1.29 is 0 Å². The second-order valence-corrected chi connectivity index (χ2v) is 5.50. The number of hydrogen-bond acceptors (Lipinski definition) is 6. The van der Waals surface area contributed by atoms with Crippen LogP contribution in [0.4, 0.5) is 5.82 Å². The van der Waals surface area contributed by atoms with Crippen LogP contribution in [0.5, 0.6) is 0 Å². The minimum atomic E-state index is 0.540. The Labute approximate surface area is 99.8 Å². The Bertz CT molecular complexity index is 642. The molecule has 0 bridgehead atoms. The van der Waals surface area contributed by atoms with Crippen molar-refractivity contribution in [1.82, 2.24) is 15.0 Å². The van der Waals surface area contributed by atoms with E-state index < -0.39 is 0 Å². The third-order valence-electron chi connectivity index (χ3n) is 2.20. The molecular weight excluding hydrogens is 240 g/mol. The third kappa shape index (κ3) is 1.46. The first-order chi connectivity index (χ1) is 7.74. The molecule has 80 valence electrons. The van der Waals surface area contributed by atoms with Crippen LogP contribution in [0, 0.1) is 6.92 Å². The largest absolute Gasteiger partial charge is 0.383 e. The second kappa shape index (κ2) is 3.50. The van der Waals surface area contributed by atoms with E-state index in [0.717, 1.165) is 15.1 Å². The maximum atomic E-state index is 5.92. The van der Waals surface area contributed by atoms with Gasteiger partial charge in [0.05, 0.1) is 15.8 Å². The lowest BCUT2D eigenvalue weighted by Gasteiger charge is -1.98. The topological polar surface area (TPSA) is 64.7 Å². The minimum absolute atomic E-state index is 0.540. The van der Waals surface area contributed by atoms with E-state index in [1.807, 2.05) is 13.0 Å². The van der Waals surface area contributed by atoms with Gasteiger partial charge in [-0.25, -0.2) is 9.97 Å². The molecule has 3 aromatic heterocycles. The maximum Gasteiger partial charge on any atom is 0.174 e. The predicted molar refractivity (Wildman–Crippen MR) is 67.7 cm³/mol. The normalized spacial score (nSPS) is 11.1. The van der Waals surface area contributed by atoms with E-state index in [-0.39, 0.29) is 0 Å². The summed E-state index contributed by atoms with van der Waals surface area (Å²) in [7, 11) is 0. The summed E-state index contributed by atoms with van der Waals surface area (Å²) < 4.78 is 0. The Hall–Kier alpha value is -1.53. The van der Waals surface area contributed by atoms with Crippen molar-refractivity contribution in [3.63, 3.8) is 0 Å². The maximum absolute atomic E-state index is 5.92. The lowest BCUT2D eigenvalue weighted by molar-refractivity contribution is 1.25. The molecule has 0 amide bonds. The number of thiophene rings is 1. The first kappa shape index (κ1) is 9.68. The first-order valence-corrected chi connectivity index (χ1v) is 6.36. The van der Waals surface area contributed by atoms with E-state index >= 15 is 0 Å². The van der Waals surface area contributed by atoms with Crippen molar-refractivity contribution in [2.45, 2.75) is 6.92 Å². The standard InChI is InChI=1S/C10H8N4S2/c1-5-2-6-8(11)13-9(14-10(6)16-5)7-3-12-4-15-7/h2-4H,1H3,(H2,11,13,14). The molecule has 3 rings (SSSR count). The van der Waals surface area contributed by atoms with Crippen molar-refractivity contribution in [2.24, 2.45) is 0 Å². The fourth-order valence-corrected chi connectivity index (χ4v) is 2.94. The van der Waals surface area contributed by atoms with Crippen LogP contribution in [-0.4, -0.2) is 15.0 Å². The number of rotatable bonds is 1. The molecule has 2 N–H and O–H groups in total. The molecule has 0 aliphatic carbocycles. The minimum Gasteiger partial charge on any atom is -0.383 e. The van der Waals surface area contributed by atoms with Crippen LogP contribution in [0.1, 0.15) is 4.88 Å². The Morgan fingerprint density at radius 2 is 2.19 bits per heavy atom. The van der Waals surface area contributed by atoms with Crippen LogP contribution in [0.3, 0.4) is 0 Å². The highest BCUT2D eigenvalue weighted by Crippen LogP contribution is 2.30. The molecule has 0 aliphatic rings. The van der Waals surface area contributed by atoms with Crippen molar-refractivity contribution in [3.05, 3.63) is 22.7 Å². The van der Waals surface area contributed by atoms with Gasteiger partial charge in [0.2, 0.25) is 0 Å². The molecule has 0 atom stereocenters. The number of thiazole rings is 1. The first-order valence-electron chi connectivity index (χ1n) is 4.66. The molecule has 0 aromatic carbocycles. The van der Waals surface area contributed by atoms with Gasteiger partial charge in [0.25, 0.3) is 0 Å². The zero-order chi connectivity index (χ0) is 11.1. The number of fused-ring (bicyclic) bond motifs is 1. The summed E-state index contributed by atoms with van der Waals surface area (Å²) in [6.07, 6.45) is 1.76. The quantitative estimate of drug-likeness (QED) is 0.719. The molecule has 3 aromatic rings. The number of aromatic nitrogens is 3. The number of nitrogen functional groups attached to an aromatic ring is 1. The lowest BCUT2D eigenvalue weighted by Crippen LogP contribution is -1.94. The van der Waals surface area contributed by atoms with Gasteiger partial charge in [-0.15, -0.1) is 22.7 Å². The molecule has 0 spiro atoms. The van der Waals surface area contributed by atoms with Crippen LogP contribution in [0.2, 0.25) is 0 Å². The van der Waals surface area contributed by atoms with Gasteiger partial charge in [0, 0.05) is 11.1 Å². The zero-order valence-electron chi connectivity index (χ0n) is 8.47. The molecule has 6 heteroatoms. The van der Waals surface area contributed by atoms with Crippen LogP contribution >= 0.6 is 22.7 Å². The Morgan fingerprint density at radius 1 is 1.31 bits per heavy atom. The van der Waals surface area contributed by atoms with Crippen molar-refractivity contribution in [3.8, 4) is 10.7 Å². The smallest absolute Gasteiger partial charge is 0.174 e. The molecule has 0 aliphatic heterocycles. The van der Waals surface area contributed by atoms with Crippen LogP contribution < -0.4 is 5.73 Å². The van der Waals surface area contributed by atoms with Gasteiger partial charge in [0.1, 0.15) is 10.6 Å². The van der Waals surface area contributed by atoms with Gasteiger partial charge in [-0.3, -0.25) is 4.98 Å². The average Bonchev–Trinajstić information content (AvgIpc) is 2.84. The predicted octanol–water partition coefficient (Wildman–Crippen LogP) is 2.71. The zero-order valence-corrected chi connectivity index (χ0v) is 10.1. The Balaban J connectivity index is 2.28. The Kier molecular flexibility index (Phi) is 2.12. The molecule has 0 fully saturated rings. The van der Waals surface area contributed by atoms with Crippen molar-refractivity contribution in [1.29, 1.82) is 0 Å². The number of hydrogen-bond donors (Lipinski definition) is 1. The van der Waals surface area contributed by atoms with Gasteiger partial charge in [0.15, 0.2) is 5.82 Å². The molecule has 3 heterocycles. The molecule has 0 saturated heterocycles. The van der Waals surface area contributed by atoms with Gasteiger partial charge >= 0.3 is 0 Å². The second-order valence-electron chi connectivity index (χ2n) is 3.37. The molecular formula is C10H8N4S2. The molecule has 0 saturated carbocycles. The molecule has 4 nitrogen and oxygen atoms in total. The van der Waals surface area contributed by atoms with E-state index in [1.165, 1.54) is 16.2 Å². The summed E-state index contributed by atoms with van der Waals surface area (Å²) in [6.45, 7) is 2.04. The van der Waals surface area contributed by atoms with E-state index in [4.69, 9.17) is 5.73 Å².